The lowest BCUT2D eigenvalue weighted by Crippen LogP contribution is -2.35. The Morgan fingerprint density at radius 1 is 1.41 bits per heavy atom. The first-order valence-corrected chi connectivity index (χ1v) is 8.07. The van der Waals surface area contributed by atoms with E-state index in [-0.39, 0.29) is 6.04 Å². The Balaban J connectivity index is 2.40. The van der Waals surface area contributed by atoms with E-state index in [1.807, 2.05) is 13.0 Å². The fourth-order valence-corrected chi connectivity index (χ4v) is 5.05. The molecule has 0 N–H and O–H groups in total. The highest BCUT2D eigenvalue weighted by molar-refractivity contribution is 9.10. The third kappa shape index (κ3) is 2.41. The van der Waals surface area contributed by atoms with Crippen molar-refractivity contribution < 1.29 is 8.42 Å². The first-order chi connectivity index (χ1) is 8.07. The predicted octanol–water partition coefficient (Wildman–Crippen LogP) is 3.01. The molecule has 1 atom stereocenters. The molecule has 0 radical (unpaired) electrons. The van der Waals surface area contributed by atoms with Crippen LogP contribution in [-0.4, -0.2) is 25.3 Å². The highest BCUT2D eigenvalue weighted by atomic mass is 79.9. The van der Waals surface area contributed by atoms with E-state index in [1.54, 1.807) is 22.5 Å². The maximum absolute atomic E-state index is 12.5. The molecular weight excluding hydrogens is 302 g/mol. The van der Waals surface area contributed by atoms with Gasteiger partial charge >= 0.3 is 0 Å². The van der Waals surface area contributed by atoms with Gasteiger partial charge in [0.25, 0.3) is 0 Å². The van der Waals surface area contributed by atoms with Crippen LogP contribution in [0.25, 0.3) is 0 Å². The Morgan fingerprint density at radius 2 is 2.12 bits per heavy atom. The quantitative estimate of drug-likeness (QED) is 0.859. The molecule has 1 aliphatic rings. The molecule has 0 spiro atoms. The summed E-state index contributed by atoms with van der Waals surface area (Å²) in [6.45, 7) is 2.68. The molecule has 1 saturated heterocycles. The van der Waals surface area contributed by atoms with Gasteiger partial charge in [-0.05, 0) is 47.3 Å². The van der Waals surface area contributed by atoms with Crippen molar-refractivity contribution in [3.8, 4) is 0 Å². The molecule has 94 valence electrons. The first kappa shape index (κ1) is 13.1. The molecule has 0 aliphatic carbocycles. The number of nitrogens with zero attached hydrogens (tertiary/aromatic N) is 1. The van der Waals surface area contributed by atoms with Gasteiger partial charge in [0.2, 0.25) is 10.0 Å². The average molecular weight is 318 g/mol. The van der Waals surface area contributed by atoms with Crippen LogP contribution in [-0.2, 0) is 10.0 Å². The number of benzene rings is 1. The van der Waals surface area contributed by atoms with E-state index in [1.165, 1.54) is 0 Å². The van der Waals surface area contributed by atoms with Crippen LogP contribution in [0.3, 0.4) is 0 Å². The second kappa shape index (κ2) is 5.08. The highest BCUT2D eigenvalue weighted by Crippen LogP contribution is 2.31. The minimum atomic E-state index is -3.34. The molecule has 3 nitrogen and oxygen atoms in total. The predicted molar refractivity (Wildman–Crippen MR) is 71.3 cm³/mol. The van der Waals surface area contributed by atoms with Gasteiger partial charge in [-0.25, -0.2) is 8.42 Å². The van der Waals surface area contributed by atoms with Gasteiger partial charge in [0, 0.05) is 17.1 Å². The number of hydrogen-bond donors (Lipinski definition) is 0. The maximum Gasteiger partial charge on any atom is 0.244 e. The number of halogens is 1. The van der Waals surface area contributed by atoms with E-state index in [0.717, 1.165) is 19.3 Å². The molecular formula is C12H16BrNO2S. The van der Waals surface area contributed by atoms with Crippen molar-refractivity contribution in [3.63, 3.8) is 0 Å². The number of rotatable bonds is 3. The third-order valence-electron chi connectivity index (χ3n) is 3.22. The molecule has 1 aromatic carbocycles. The van der Waals surface area contributed by atoms with Crippen molar-refractivity contribution in [2.24, 2.45) is 0 Å². The molecule has 0 aromatic heterocycles. The summed E-state index contributed by atoms with van der Waals surface area (Å²) in [6, 6.07) is 7.17. The topological polar surface area (TPSA) is 37.4 Å². The zero-order chi connectivity index (χ0) is 12.5. The highest BCUT2D eigenvalue weighted by Gasteiger charge is 2.34. The van der Waals surface area contributed by atoms with Gasteiger partial charge < -0.3 is 0 Å². The third-order valence-corrected chi connectivity index (χ3v) is 6.18. The second-order valence-corrected chi connectivity index (χ2v) is 6.96. The molecule has 1 aromatic rings. The van der Waals surface area contributed by atoms with Crippen molar-refractivity contribution in [1.29, 1.82) is 0 Å². The molecule has 0 saturated carbocycles. The van der Waals surface area contributed by atoms with Gasteiger partial charge in [0.05, 0.1) is 4.90 Å². The molecule has 5 heteroatoms. The first-order valence-electron chi connectivity index (χ1n) is 5.83. The van der Waals surface area contributed by atoms with E-state index in [2.05, 4.69) is 15.9 Å². The molecule has 1 unspecified atom stereocenters. The van der Waals surface area contributed by atoms with Gasteiger partial charge in [-0.3, -0.25) is 0 Å². The van der Waals surface area contributed by atoms with Crippen LogP contribution < -0.4 is 0 Å². The van der Waals surface area contributed by atoms with Crippen LogP contribution in [0.15, 0.2) is 33.6 Å². The summed E-state index contributed by atoms with van der Waals surface area (Å²) in [7, 11) is -3.34. The zero-order valence-corrected chi connectivity index (χ0v) is 12.2. The van der Waals surface area contributed by atoms with E-state index < -0.39 is 10.0 Å². The van der Waals surface area contributed by atoms with Crippen LogP contribution in [0.4, 0.5) is 0 Å². The van der Waals surface area contributed by atoms with Gasteiger partial charge in [0.15, 0.2) is 0 Å². The molecule has 1 heterocycles. The molecule has 1 aliphatic heterocycles. The second-order valence-electron chi connectivity index (χ2n) is 4.25. The van der Waals surface area contributed by atoms with Crippen molar-refractivity contribution in [3.05, 3.63) is 28.7 Å². The van der Waals surface area contributed by atoms with Gasteiger partial charge in [0.1, 0.15) is 0 Å². The van der Waals surface area contributed by atoms with Gasteiger partial charge in [-0.2, -0.15) is 4.31 Å². The largest absolute Gasteiger partial charge is 0.244 e. The molecule has 1 fully saturated rings. The minimum Gasteiger partial charge on any atom is -0.207 e. The Kier molecular flexibility index (Phi) is 3.90. The van der Waals surface area contributed by atoms with Gasteiger partial charge in [-0.1, -0.05) is 19.1 Å². The number of hydrogen-bond acceptors (Lipinski definition) is 2. The lowest BCUT2D eigenvalue weighted by molar-refractivity contribution is 0.379. The summed E-state index contributed by atoms with van der Waals surface area (Å²) in [5, 5.41) is 0. The lowest BCUT2D eigenvalue weighted by Gasteiger charge is -2.23. The van der Waals surface area contributed by atoms with Crippen LogP contribution in [0, 0.1) is 0 Å². The summed E-state index contributed by atoms with van der Waals surface area (Å²) >= 11 is 3.32. The zero-order valence-electron chi connectivity index (χ0n) is 9.77. The molecule has 2 rings (SSSR count). The summed E-state index contributed by atoms with van der Waals surface area (Å²) in [5.41, 5.74) is 0. The smallest absolute Gasteiger partial charge is 0.207 e. The summed E-state index contributed by atoms with van der Waals surface area (Å²) in [6.07, 6.45) is 2.81. The van der Waals surface area contributed by atoms with Crippen molar-refractivity contribution in [1.82, 2.24) is 4.31 Å². The van der Waals surface area contributed by atoms with E-state index in [4.69, 9.17) is 0 Å². The SMILES string of the molecule is CCC1CCCN1S(=O)(=O)c1ccccc1Br. The van der Waals surface area contributed by atoms with Crippen molar-refractivity contribution >= 4 is 26.0 Å². The van der Waals surface area contributed by atoms with E-state index in [0.29, 0.717) is 15.9 Å². The monoisotopic (exact) mass is 317 g/mol. The van der Waals surface area contributed by atoms with Crippen molar-refractivity contribution in [2.45, 2.75) is 37.1 Å². The van der Waals surface area contributed by atoms with E-state index >= 15 is 0 Å². The fourth-order valence-electron chi connectivity index (χ4n) is 2.31. The Bertz CT molecular complexity index is 501. The molecule has 0 amide bonds. The van der Waals surface area contributed by atoms with E-state index in [9.17, 15) is 8.42 Å². The Morgan fingerprint density at radius 3 is 2.76 bits per heavy atom. The van der Waals surface area contributed by atoms with Crippen molar-refractivity contribution in [2.75, 3.05) is 6.54 Å². The minimum absolute atomic E-state index is 0.159. The molecule has 17 heavy (non-hydrogen) atoms. The fraction of sp³-hybridized carbons (Fsp3) is 0.500. The van der Waals surface area contributed by atoms with Crippen LogP contribution >= 0.6 is 15.9 Å². The lowest BCUT2D eigenvalue weighted by atomic mass is 10.2. The van der Waals surface area contributed by atoms with Crippen LogP contribution in [0.2, 0.25) is 0 Å². The number of sulfonamides is 1. The average Bonchev–Trinajstić information content (AvgIpc) is 2.78. The van der Waals surface area contributed by atoms with Gasteiger partial charge in [-0.15, -0.1) is 0 Å². The molecule has 0 bridgehead atoms. The summed E-state index contributed by atoms with van der Waals surface area (Å²) in [5.74, 6) is 0. The Hall–Kier alpha value is -0.390. The van der Waals surface area contributed by atoms with Crippen LogP contribution in [0.1, 0.15) is 26.2 Å². The Labute approximate surface area is 111 Å². The van der Waals surface area contributed by atoms with Crippen LogP contribution in [0.5, 0.6) is 0 Å². The summed E-state index contributed by atoms with van der Waals surface area (Å²) in [4.78, 5) is 0.375. The standard InChI is InChI=1S/C12H16BrNO2S/c1-2-10-6-5-9-14(10)17(15,16)12-8-4-3-7-11(12)13/h3-4,7-8,10H,2,5-6,9H2,1H3. The normalized spacial score (nSPS) is 21.9. The summed E-state index contributed by atoms with van der Waals surface area (Å²) < 4.78 is 27.3. The maximum atomic E-state index is 12.5.